The van der Waals surface area contributed by atoms with E-state index in [0.29, 0.717) is 18.6 Å². The van der Waals surface area contributed by atoms with E-state index in [1.165, 1.54) is 0 Å². The van der Waals surface area contributed by atoms with Crippen LogP contribution >= 0.6 is 0 Å². The Morgan fingerprint density at radius 1 is 1.57 bits per heavy atom. The monoisotopic (exact) mass is 198 g/mol. The minimum absolute atomic E-state index is 0.190. The van der Waals surface area contributed by atoms with Crippen molar-refractivity contribution in [1.29, 1.82) is 0 Å². The molecule has 3 unspecified atom stereocenters. The first-order chi connectivity index (χ1) is 6.81. The molecule has 0 aromatic carbocycles. The molecule has 2 rings (SSSR count). The molecule has 0 saturated carbocycles. The van der Waals surface area contributed by atoms with Gasteiger partial charge in [0.1, 0.15) is 6.10 Å². The Morgan fingerprint density at radius 2 is 2.43 bits per heavy atom. The van der Waals surface area contributed by atoms with Crippen LogP contribution in [0.2, 0.25) is 0 Å². The largest absolute Gasteiger partial charge is 0.471 e. The van der Waals surface area contributed by atoms with Crippen LogP contribution in [-0.2, 0) is 9.57 Å². The zero-order valence-electron chi connectivity index (χ0n) is 8.82. The van der Waals surface area contributed by atoms with Crippen LogP contribution in [0.4, 0.5) is 0 Å². The van der Waals surface area contributed by atoms with Gasteiger partial charge in [0, 0.05) is 6.04 Å². The summed E-state index contributed by atoms with van der Waals surface area (Å²) in [6.45, 7) is 5.91. The predicted octanol–water partition coefficient (Wildman–Crippen LogP) is 1.12. The second-order valence-electron chi connectivity index (χ2n) is 4.01. The number of hydrogen-bond donors (Lipinski definition) is 1. The van der Waals surface area contributed by atoms with E-state index in [4.69, 9.17) is 9.57 Å². The molecule has 2 aliphatic rings. The fourth-order valence-corrected chi connectivity index (χ4v) is 1.96. The number of nitrogens with zero attached hydrogens (tertiary/aromatic N) is 1. The summed E-state index contributed by atoms with van der Waals surface area (Å²) in [4.78, 5) is 5.18. The van der Waals surface area contributed by atoms with Crippen LogP contribution in [0, 0.1) is 5.92 Å². The minimum atomic E-state index is 0.190. The lowest BCUT2D eigenvalue weighted by Crippen LogP contribution is -2.35. The molecule has 0 aromatic rings. The van der Waals surface area contributed by atoms with Gasteiger partial charge >= 0.3 is 0 Å². The summed E-state index contributed by atoms with van der Waals surface area (Å²) in [5.74, 6) is 1.19. The third-order valence-electron chi connectivity index (χ3n) is 3.00. The van der Waals surface area contributed by atoms with E-state index in [0.717, 1.165) is 25.3 Å². The maximum atomic E-state index is 5.77. The van der Waals surface area contributed by atoms with E-state index in [-0.39, 0.29) is 6.10 Å². The molecule has 1 saturated heterocycles. The lowest BCUT2D eigenvalue weighted by atomic mass is 10.0. The standard InChI is InChI=1S/C10H18N2O2/c1-3-8-6-13-12-10(14-8)9-4-5-11-7(9)2/h7-9,11H,3-6H2,1-2H3. The van der Waals surface area contributed by atoms with Crippen LogP contribution < -0.4 is 5.32 Å². The molecule has 4 heteroatoms. The van der Waals surface area contributed by atoms with E-state index >= 15 is 0 Å². The van der Waals surface area contributed by atoms with Gasteiger partial charge in [-0.1, -0.05) is 12.1 Å². The second kappa shape index (κ2) is 4.17. The fraction of sp³-hybridized carbons (Fsp3) is 0.900. The molecule has 1 fully saturated rings. The van der Waals surface area contributed by atoms with E-state index in [1.807, 2.05) is 0 Å². The lowest BCUT2D eigenvalue weighted by molar-refractivity contribution is 0.000991. The first kappa shape index (κ1) is 9.77. The highest BCUT2D eigenvalue weighted by Gasteiger charge is 2.32. The lowest BCUT2D eigenvalue weighted by Gasteiger charge is -2.26. The Bertz CT molecular complexity index is 230. The summed E-state index contributed by atoms with van der Waals surface area (Å²) >= 11 is 0. The molecular weight excluding hydrogens is 180 g/mol. The summed E-state index contributed by atoms with van der Waals surface area (Å²) in [6, 6.07) is 0.452. The Labute approximate surface area is 84.6 Å². The SMILES string of the molecule is CCC1CON=C(C2CCNC2C)O1. The van der Waals surface area contributed by atoms with Gasteiger partial charge in [0.25, 0.3) is 0 Å². The molecule has 2 heterocycles. The third kappa shape index (κ3) is 1.85. The third-order valence-corrected chi connectivity index (χ3v) is 3.00. The van der Waals surface area contributed by atoms with Gasteiger partial charge < -0.3 is 14.9 Å². The van der Waals surface area contributed by atoms with Crippen molar-refractivity contribution in [1.82, 2.24) is 5.32 Å². The zero-order valence-corrected chi connectivity index (χ0v) is 8.82. The van der Waals surface area contributed by atoms with Gasteiger partial charge in [0.05, 0.1) is 5.92 Å². The first-order valence-corrected chi connectivity index (χ1v) is 5.41. The maximum absolute atomic E-state index is 5.77. The van der Waals surface area contributed by atoms with Crippen molar-refractivity contribution in [2.45, 2.75) is 38.8 Å². The van der Waals surface area contributed by atoms with Crippen LogP contribution in [0.3, 0.4) is 0 Å². The van der Waals surface area contributed by atoms with Crippen molar-refractivity contribution < 1.29 is 9.57 Å². The van der Waals surface area contributed by atoms with E-state index < -0.39 is 0 Å². The highest BCUT2D eigenvalue weighted by atomic mass is 16.7. The topological polar surface area (TPSA) is 42.8 Å². The van der Waals surface area contributed by atoms with E-state index in [9.17, 15) is 0 Å². The van der Waals surface area contributed by atoms with Crippen molar-refractivity contribution in [2.24, 2.45) is 11.1 Å². The van der Waals surface area contributed by atoms with Crippen LogP contribution in [0.5, 0.6) is 0 Å². The number of nitrogens with one attached hydrogen (secondary N) is 1. The van der Waals surface area contributed by atoms with E-state index in [1.54, 1.807) is 0 Å². The van der Waals surface area contributed by atoms with Gasteiger partial charge in [-0.15, -0.1) is 0 Å². The molecule has 0 spiro atoms. The smallest absolute Gasteiger partial charge is 0.230 e. The Balaban J connectivity index is 1.99. The number of ether oxygens (including phenoxy) is 1. The van der Waals surface area contributed by atoms with Crippen LogP contribution in [0.25, 0.3) is 0 Å². The summed E-state index contributed by atoms with van der Waals surface area (Å²) in [5.41, 5.74) is 0. The Hall–Kier alpha value is -0.770. The minimum Gasteiger partial charge on any atom is -0.471 e. The molecule has 0 bridgehead atoms. The molecule has 0 aromatic heterocycles. The zero-order chi connectivity index (χ0) is 9.97. The Kier molecular flexibility index (Phi) is 2.91. The van der Waals surface area contributed by atoms with E-state index in [2.05, 4.69) is 24.3 Å². The van der Waals surface area contributed by atoms with Crippen molar-refractivity contribution in [3.8, 4) is 0 Å². The van der Waals surface area contributed by atoms with Crippen molar-refractivity contribution >= 4 is 5.90 Å². The molecule has 3 atom stereocenters. The highest BCUT2D eigenvalue weighted by Crippen LogP contribution is 2.21. The average molecular weight is 198 g/mol. The van der Waals surface area contributed by atoms with Crippen LogP contribution in [-0.4, -0.2) is 31.2 Å². The second-order valence-corrected chi connectivity index (χ2v) is 4.01. The van der Waals surface area contributed by atoms with Gasteiger partial charge in [-0.2, -0.15) is 0 Å². The van der Waals surface area contributed by atoms with Crippen LogP contribution in [0.15, 0.2) is 5.16 Å². The van der Waals surface area contributed by atoms with Crippen molar-refractivity contribution in [3.05, 3.63) is 0 Å². The summed E-state index contributed by atoms with van der Waals surface area (Å²) in [5, 5.41) is 7.40. The van der Waals surface area contributed by atoms with Crippen molar-refractivity contribution in [3.63, 3.8) is 0 Å². The summed E-state index contributed by atoms with van der Waals surface area (Å²) in [7, 11) is 0. The predicted molar refractivity (Wildman–Crippen MR) is 54.1 cm³/mol. The normalized spacial score (nSPS) is 37.3. The van der Waals surface area contributed by atoms with Gasteiger partial charge in [-0.05, 0) is 26.3 Å². The summed E-state index contributed by atoms with van der Waals surface area (Å²) in [6.07, 6.45) is 2.27. The van der Waals surface area contributed by atoms with Crippen LogP contribution in [0.1, 0.15) is 26.7 Å². The average Bonchev–Trinajstić information content (AvgIpc) is 2.65. The number of hydrogen-bond acceptors (Lipinski definition) is 4. The molecule has 0 aliphatic carbocycles. The molecule has 1 N–H and O–H groups in total. The first-order valence-electron chi connectivity index (χ1n) is 5.41. The molecule has 2 aliphatic heterocycles. The molecular formula is C10H18N2O2. The van der Waals surface area contributed by atoms with Gasteiger partial charge in [0.15, 0.2) is 6.61 Å². The number of rotatable bonds is 2. The van der Waals surface area contributed by atoms with Gasteiger partial charge in [-0.3, -0.25) is 0 Å². The molecule has 14 heavy (non-hydrogen) atoms. The molecule has 0 radical (unpaired) electrons. The van der Waals surface area contributed by atoms with Crippen molar-refractivity contribution in [2.75, 3.05) is 13.2 Å². The fourth-order valence-electron chi connectivity index (χ4n) is 1.96. The van der Waals surface area contributed by atoms with Gasteiger partial charge in [0.2, 0.25) is 5.90 Å². The van der Waals surface area contributed by atoms with Gasteiger partial charge in [-0.25, -0.2) is 0 Å². The molecule has 4 nitrogen and oxygen atoms in total. The highest BCUT2D eigenvalue weighted by molar-refractivity contribution is 5.79. The molecule has 80 valence electrons. The quantitative estimate of drug-likeness (QED) is 0.723. The number of oxime groups is 1. The summed E-state index contributed by atoms with van der Waals surface area (Å²) < 4.78 is 5.77. The maximum Gasteiger partial charge on any atom is 0.230 e. The Morgan fingerprint density at radius 3 is 3.07 bits per heavy atom. The molecule has 0 amide bonds.